The monoisotopic (exact) mass is 706 g/mol. The molecule has 0 N–H and O–H groups in total. The van der Waals surface area contributed by atoms with E-state index >= 15 is 0 Å². The predicted octanol–water partition coefficient (Wildman–Crippen LogP) is 6.02. The van der Waals surface area contributed by atoms with Gasteiger partial charge in [-0.15, -0.1) is 0 Å². The highest BCUT2D eigenvalue weighted by Gasteiger charge is 2.67. The fraction of sp³-hybridized carbons (Fsp3) is 0.943. The molecule has 6 aliphatic rings. The highest BCUT2D eigenvalue weighted by atomic mass is 32.2. The second-order valence-electron chi connectivity index (χ2n) is 16.7. The van der Waals surface area contributed by atoms with Gasteiger partial charge in [-0.3, -0.25) is 14.5 Å². The third-order valence-electron chi connectivity index (χ3n) is 14.0. The number of quaternary nitrogens is 1. The van der Waals surface area contributed by atoms with E-state index in [0.717, 1.165) is 29.9 Å². The molecule has 9 nitrogen and oxygen atoms in total. The molecule has 4 saturated carbocycles. The molecule has 4 aliphatic carbocycles. The van der Waals surface area contributed by atoms with Crippen LogP contribution < -0.4 is 0 Å². The number of piperidine rings is 2. The summed E-state index contributed by atoms with van der Waals surface area (Å²) in [4.78, 5) is 27.4. The van der Waals surface area contributed by atoms with Gasteiger partial charge in [0.05, 0.1) is 20.1 Å². The maximum Gasteiger partial charge on any atom is 0.485 e. The predicted molar refractivity (Wildman–Crippen MR) is 172 cm³/mol. The number of alkyl halides is 3. The van der Waals surface area contributed by atoms with Crippen LogP contribution in [0.4, 0.5) is 13.2 Å². The van der Waals surface area contributed by atoms with E-state index in [9.17, 15) is 22.8 Å². The van der Waals surface area contributed by atoms with E-state index in [1.165, 1.54) is 90.1 Å². The van der Waals surface area contributed by atoms with Crippen LogP contribution in [-0.4, -0.2) is 97.3 Å². The Morgan fingerprint density at radius 3 is 2.00 bits per heavy atom. The molecule has 0 spiro atoms. The molecule has 0 aromatic heterocycles. The Morgan fingerprint density at radius 1 is 0.854 bits per heavy atom. The molecule has 0 aromatic rings. The average molecular weight is 707 g/mol. The normalized spacial score (nSPS) is 41.4. The summed E-state index contributed by atoms with van der Waals surface area (Å²) >= 11 is 0. The zero-order chi connectivity index (χ0) is 35.3. The molecule has 13 heteroatoms. The zero-order valence-electron chi connectivity index (χ0n) is 29.4. The van der Waals surface area contributed by atoms with E-state index in [1.54, 1.807) is 13.8 Å². The Morgan fingerprint density at radius 2 is 1.44 bits per heavy atom. The Bertz CT molecular complexity index is 1290. The maximum atomic E-state index is 12.5. The van der Waals surface area contributed by atoms with Crippen molar-refractivity contribution >= 4 is 22.1 Å². The minimum absolute atomic E-state index is 0.0466. The smallest absolute Gasteiger partial charge is 0.485 e. The van der Waals surface area contributed by atoms with E-state index in [0.29, 0.717) is 35.3 Å². The quantitative estimate of drug-likeness (QED) is 0.151. The number of ether oxygens (including phenoxy) is 2. The van der Waals surface area contributed by atoms with Gasteiger partial charge < -0.3 is 18.5 Å². The van der Waals surface area contributed by atoms with Crippen molar-refractivity contribution < 1.29 is 49.7 Å². The number of nitrogens with zero attached hydrogens (tertiary/aromatic N) is 2. The summed E-state index contributed by atoms with van der Waals surface area (Å²) in [6.07, 6.45) is 16.3. The number of fused-ring (bicyclic) bond motifs is 5. The van der Waals surface area contributed by atoms with Crippen LogP contribution in [0.2, 0.25) is 0 Å². The molecule has 2 heterocycles. The standard InChI is InChI=1S/C34H57N2O4.CHF3O3S/c1-23(37)39-31-20-25-12-13-26-27(34(25,4)22-29(31)35-16-8-6-9-17-35)14-15-33(3)28(26)21-30(32(33)40-24(2)38)36(5)18-10-7-11-19-36;2-1(3,4)8(5,6)7/h25-32H,6-22H2,1-5H3;(H,5,6,7)/q+1;/p-1/t25-,26?,27?,28?,29-,30-,31-,32-,33-,34-;/m0./s1. The summed E-state index contributed by atoms with van der Waals surface area (Å²) in [7, 11) is -3.62. The number of hydrogen-bond acceptors (Lipinski definition) is 8. The lowest BCUT2D eigenvalue weighted by atomic mass is 9.44. The van der Waals surface area contributed by atoms with E-state index < -0.39 is 15.6 Å². The number of esters is 2. The molecule has 0 radical (unpaired) electrons. The molecular formula is C35H57F3N2O7S. The summed E-state index contributed by atoms with van der Waals surface area (Å²) in [6, 6.07) is 0.796. The molecule has 276 valence electrons. The molecule has 3 unspecified atom stereocenters. The van der Waals surface area contributed by atoms with E-state index in [2.05, 4.69) is 25.8 Å². The lowest BCUT2D eigenvalue weighted by Gasteiger charge is -2.62. The molecule has 6 fully saturated rings. The summed E-state index contributed by atoms with van der Waals surface area (Å²) < 4.78 is 72.5. The van der Waals surface area contributed by atoms with Crippen molar-refractivity contribution in [3.8, 4) is 0 Å². The number of carbonyl (C=O) groups is 2. The van der Waals surface area contributed by atoms with Crippen molar-refractivity contribution in [3.05, 3.63) is 0 Å². The lowest BCUT2D eigenvalue weighted by Crippen LogP contribution is -2.61. The molecule has 6 rings (SSSR count). The first-order chi connectivity index (χ1) is 22.3. The van der Waals surface area contributed by atoms with Gasteiger partial charge in [0, 0.05) is 31.7 Å². The van der Waals surface area contributed by atoms with Gasteiger partial charge in [-0.25, -0.2) is 8.42 Å². The highest BCUT2D eigenvalue weighted by molar-refractivity contribution is 7.86. The van der Waals surface area contributed by atoms with Crippen molar-refractivity contribution in [1.29, 1.82) is 0 Å². The topological polar surface area (TPSA) is 113 Å². The minimum atomic E-state index is -6.09. The number of rotatable bonds is 4. The second-order valence-corrected chi connectivity index (χ2v) is 18.0. The van der Waals surface area contributed by atoms with Crippen LogP contribution in [0, 0.1) is 34.5 Å². The number of likely N-dealkylation sites (tertiary alicyclic amines) is 2. The van der Waals surface area contributed by atoms with Crippen molar-refractivity contribution in [2.24, 2.45) is 34.5 Å². The minimum Gasteiger partial charge on any atom is -0.741 e. The third-order valence-corrected chi connectivity index (χ3v) is 14.6. The second kappa shape index (κ2) is 13.9. The van der Waals surface area contributed by atoms with E-state index in [-0.39, 0.29) is 29.6 Å². The Kier molecular flexibility index (Phi) is 11.0. The number of carbonyl (C=O) groups excluding carboxylic acids is 2. The van der Waals surface area contributed by atoms with Crippen LogP contribution in [0.1, 0.15) is 111 Å². The van der Waals surface area contributed by atoms with Gasteiger partial charge in [0.15, 0.2) is 16.2 Å². The fourth-order valence-electron chi connectivity index (χ4n) is 11.7. The first kappa shape index (κ1) is 37.8. The first-order valence-electron chi connectivity index (χ1n) is 18.2. The van der Waals surface area contributed by atoms with Gasteiger partial charge >= 0.3 is 17.4 Å². The molecule has 48 heavy (non-hydrogen) atoms. The molecule has 10 atom stereocenters. The van der Waals surface area contributed by atoms with Crippen LogP contribution in [0.3, 0.4) is 0 Å². The van der Waals surface area contributed by atoms with Gasteiger partial charge in [-0.1, -0.05) is 20.3 Å². The summed E-state index contributed by atoms with van der Waals surface area (Å²) in [5.41, 5.74) is -5.27. The Labute approximate surface area is 285 Å². The van der Waals surface area contributed by atoms with Gasteiger partial charge in [-0.05, 0) is 113 Å². The third kappa shape index (κ3) is 7.31. The largest absolute Gasteiger partial charge is 0.741 e. The van der Waals surface area contributed by atoms with Crippen molar-refractivity contribution in [1.82, 2.24) is 4.90 Å². The summed E-state index contributed by atoms with van der Waals surface area (Å²) in [5, 5.41) is 0. The Hall–Kier alpha value is -1.44. The summed E-state index contributed by atoms with van der Waals surface area (Å²) in [5.74, 6) is 2.50. The highest BCUT2D eigenvalue weighted by Crippen LogP contribution is 2.67. The molecule has 2 saturated heterocycles. The van der Waals surface area contributed by atoms with Gasteiger partial charge in [0.25, 0.3) is 0 Å². The summed E-state index contributed by atoms with van der Waals surface area (Å²) in [6.45, 7) is 13.1. The fourth-order valence-corrected chi connectivity index (χ4v) is 11.7. The van der Waals surface area contributed by atoms with E-state index in [1.807, 2.05) is 0 Å². The van der Waals surface area contributed by atoms with Crippen molar-refractivity contribution in [2.45, 2.75) is 141 Å². The van der Waals surface area contributed by atoms with Gasteiger partial charge in [0.1, 0.15) is 12.1 Å². The van der Waals surface area contributed by atoms with Crippen LogP contribution in [-0.2, 0) is 29.2 Å². The maximum absolute atomic E-state index is 12.5. The lowest BCUT2D eigenvalue weighted by molar-refractivity contribution is -0.940. The zero-order valence-corrected chi connectivity index (χ0v) is 30.3. The molecule has 0 bridgehead atoms. The SMILES string of the molecule is CC(=O)O[C@H]1C[C@@H]2CCC3C4C[C@H]([N+]5(C)CCCCC5)[C@H](OC(C)=O)[C@@]4(C)CCC3[C@@]2(C)C[C@@H]1N1CCCCC1.O=S(=O)([O-])C(F)(F)F. The van der Waals surface area contributed by atoms with Gasteiger partial charge in [-0.2, -0.15) is 13.2 Å². The van der Waals surface area contributed by atoms with Crippen molar-refractivity contribution in [3.63, 3.8) is 0 Å². The average Bonchev–Trinajstić information content (AvgIpc) is 3.29. The van der Waals surface area contributed by atoms with E-state index in [4.69, 9.17) is 22.4 Å². The molecular weight excluding hydrogens is 649 g/mol. The number of hydrogen-bond donors (Lipinski definition) is 0. The van der Waals surface area contributed by atoms with Crippen LogP contribution in [0.15, 0.2) is 0 Å². The van der Waals surface area contributed by atoms with Crippen LogP contribution >= 0.6 is 0 Å². The Balaban J connectivity index is 0.000000503. The van der Waals surface area contributed by atoms with Crippen LogP contribution in [0.5, 0.6) is 0 Å². The van der Waals surface area contributed by atoms with Crippen LogP contribution in [0.25, 0.3) is 0 Å². The first-order valence-corrected chi connectivity index (χ1v) is 19.7. The number of halogens is 3. The molecule has 0 amide bonds. The van der Waals surface area contributed by atoms with Gasteiger partial charge in [0.2, 0.25) is 0 Å². The van der Waals surface area contributed by atoms with Crippen molar-refractivity contribution in [2.75, 3.05) is 33.2 Å². The molecule has 2 aliphatic heterocycles. The molecule has 0 aromatic carbocycles. The number of likely N-dealkylation sites (N-methyl/N-ethyl adjacent to an activating group) is 1.